The van der Waals surface area contributed by atoms with Crippen molar-refractivity contribution in [2.45, 2.75) is 10.8 Å². The SMILES string of the molecule is CNS(=O)(=O)c1ccc(OC)c(CCl)c1. The Morgan fingerprint density at radius 3 is 2.60 bits per heavy atom. The Bertz CT molecular complexity index is 445. The average molecular weight is 250 g/mol. The summed E-state index contributed by atoms with van der Waals surface area (Å²) in [6.45, 7) is 0. The molecule has 0 unspecified atom stereocenters. The molecule has 0 fully saturated rings. The smallest absolute Gasteiger partial charge is 0.240 e. The van der Waals surface area contributed by atoms with E-state index in [1.54, 1.807) is 6.07 Å². The molecule has 1 aromatic carbocycles. The Hall–Kier alpha value is -0.780. The number of hydrogen-bond acceptors (Lipinski definition) is 3. The highest BCUT2D eigenvalue weighted by molar-refractivity contribution is 7.89. The molecule has 6 heteroatoms. The second-order valence-corrected chi connectivity index (χ2v) is 4.97. The summed E-state index contributed by atoms with van der Waals surface area (Å²) >= 11 is 5.68. The summed E-state index contributed by atoms with van der Waals surface area (Å²) in [7, 11) is -0.547. The van der Waals surface area contributed by atoms with Crippen LogP contribution in [-0.4, -0.2) is 22.6 Å². The van der Waals surface area contributed by atoms with Crippen LogP contribution in [0.1, 0.15) is 5.56 Å². The van der Waals surface area contributed by atoms with Gasteiger partial charge in [-0.05, 0) is 25.2 Å². The number of ether oxygens (including phenoxy) is 1. The van der Waals surface area contributed by atoms with Gasteiger partial charge in [0.2, 0.25) is 10.0 Å². The Morgan fingerprint density at radius 2 is 2.13 bits per heavy atom. The lowest BCUT2D eigenvalue weighted by molar-refractivity contribution is 0.411. The van der Waals surface area contributed by atoms with E-state index in [1.165, 1.54) is 26.3 Å². The van der Waals surface area contributed by atoms with E-state index in [2.05, 4.69) is 4.72 Å². The molecule has 15 heavy (non-hydrogen) atoms. The van der Waals surface area contributed by atoms with E-state index < -0.39 is 10.0 Å². The second-order valence-electron chi connectivity index (χ2n) is 2.81. The van der Waals surface area contributed by atoms with E-state index in [4.69, 9.17) is 16.3 Å². The topological polar surface area (TPSA) is 55.4 Å². The Kier molecular flexibility index (Phi) is 3.96. The molecule has 0 amide bonds. The molecule has 1 rings (SSSR count). The van der Waals surface area contributed by atoms with Crippen LogP contribution in [0, 0.1) is 0 Å². The third kappa shape index (κ3) is 2.62. The van der Waals surface area contributed by atoms with Gasteiger partial charge in [-0.3, -0.25) is 0 Å². The zero-order valence-electron chi connectivity index (χ0n) is 8.45. The van der Waals surface area contributed by atoms with Gasteiger partial charge in [-0.25, -0.2) is 13.1 Å². The monoisotopic (exact) mass is 249 g/mol. The molecule has 0 radical (unpaired) electrons. The van der Waals surface area contributed by atoms with Crippen LogP contribution >= 0.6 is 11.6 Å². The average Bonchev–Trinajstić information content (AvgIpc) is 2.28. The highest BCUT2D eigenvalue weighted by Crippen LogP contribution is 2.23. The zero-order chi connectivity index (χ0) is 11.5. The van der Waals surface area contributed by atoms with Gasteiger partial charge in [-0.2, -0.15) is 0 Å². The molecular weight excluding hydrogens is 238 g/mol. The maximum atomic E-state index is 11.5. The molecule has 0 saturated heterocycles. The summed E-state index contributed by atoms with van der Waals surface area (Å²) < 4.78 is 30.2. The highest BCUT2D eigenvalue weighted by atomic mass is 35.5. The summed E-state index contributed by atoms with van der Waals surface area (Å²) in [5.41, 5.74) is 0.649. The molecule has 0 spiro atoms. The maximum Gasteiger partial charge on any atom is 0.240 e. The predicted octanol–water partition coefficient (Wildman–Crippen LogP) is 1.34. The standard InChI is InChI=1S/C9H12ClNO3S/c1-11-15(12,13)8-3-4-9(14-2)7(5-8)6-10/h3-5,11H,6H2,1-2H3. The minimum atomic E-state index is -3.42. The van der Waals surface area contributed by atoms with Crippen molar-refractivity contribution in [2.24, 2.45) is 0 Å². The van der Waals surface area contributed by atoms with E-state index in [0.717, 1.165) is 0 Å². The van der Waals surface area contributed by atoms with Crippen LogP contribution in [0.3, 0.4) is 0 Å². The fourth-order valence-corrected chi connectivity index (χ4v) is 2.13. The molecule has 0 aliphatic carbocycles. The van der Waals surface area contributed by atoms with E-state index in [-0.39, 0.29) is 10.8 Å². The molecular formula is C9H12ClNO3S. The molecule has 0 aromatic heterocycles. The number of sulfonamides is 1. The minimum absolute atomic E-state index is 0.182. The fourth-order valence-electron chi connectivity index (χ4n) is 1.14. The van der Waals surface area contributed by atoms with Gasteiger partial charge in [0.15, 0.2) is 0 Å². The number of nitrogens with one attached hydrogen (secondary N) is 1. The minimum Gasteiger partial charge on any atom is -0.496 e. The molecule has 1 N–H and O–H groups in total. The molecule has 0 atom stereocenters. The molecule has 0 saturated carbocycles. The second kappa shape index (κ2) is 4.83. The molecule has 0 aliphatic heterocycles. The number of methoxy groups -OCH3 is 1. The fraction of sp³-hybridized carbons (Fsp3) is 0.333. The zero-order valence-corrected chi connectivity index (χ0v) is 10.0. The molecule has 0 bridgehead atoms. The van der Waals surface area contributed by atoms with Crippen LogP contribution in [0.25, 0.3) is 0 Å². The van der Waals surface area contributed by atoms with Crippen molar-refractivity contribution in [3.63, 3.8) is 0 Å². The van der Waals surface area contributed by atoms with Crippen molar-refractivity contribution in [3.05, 3.63) is 23.8 Å². The Balaban J connectivity index is 3.26. The van der Waals surface area contributed by atoms with Crippen LogP contribution < -0.4 is 9.46 Å². The first kappa shape index (κ1) is 12.3. The van der Waals surface area contributed by atoms with Gasteiger partial charge < -0.3 is 4.74 Å². The predicted molar refractivity (Wildman–Crippen MR) is 58.8 cm³/mol. The summed E-state index contributed by atoms with van der Waals surface area (Å²) in [6, 6.07) is 4.56. The number of benzene rings is 1. The summed E-state index contributed by atoms with van der Waals surface area (Å²) in [5, 5.41) is 0. The first-order chi connectivity index (χ1) is 7.05. The van der Waals surface area contributed by atoms with Crippen LogP contribution in [0.4, 0.5) is 0 Å². The van der Waals surface area contributed by atoms with Crippen molar-refractivity contribution in [2.75, 3.05) is 14.2 Å². The van der Waals surface area contributed by atoms with Crippen molar-refractivity contribution < 1.29 is 13.2 Å². The van der Waals surface area contributed by atoms with E-state index in [9.17, 15) is 8.42 Å². The van der Waals surface area contributed by atoms with Crippen LogP contribution in [0.15, 0.2) is 23.1 Å². The van der Waals surface area contributed by atoms with E-state index in [0.29, 0.717) is 11.3 Å². The van der Waals surface area contributed by atoms with Crippen LogP contribution in [0.2, 0.25) is 0 Å². The lowest BCUT2D eigenvalue weighted by Crippen LogP contribution is -2.18. The summed E-state index contributed by atoms with van der Waals surface area (Å²) in [6.07, 6.45) is 0. The van der Waals surface area contributed by atoms with Crippen molar-refractivity contribution in [1.82, 2.24) is 4.72 Å². The normalized spacial score (nSPS) is 11.4. The molecule has 0 aliphatic rings. The lowest BCUT2D eigenvalue weighted by atomic mass is 10.2. The van der Waals surface area contributed by atoms with Crippen molar-refractivity contribution >= 4 is 21.6 Å². The lowest BCUT2D eigenvalue weighted by Gasteiger charge is -2.08. The summed E-state index contributed by atoms with van der Waals surface area (Å²) in [4.78, 5) is 0.182. The van der Waals surface area contributed by atoms with Crippen LogP contribution in [0.5, 0.6) is 5.75 Å². The number of alkyl halides is 1. The van der Waals surface area contributed by atoms with Gasteiger partial charge in [-0.15, -0.1) is 11.6 Å². The van der Waals surface area contributed by atoms with E-state index >= 15 is 0 Å². The summed E-state index contributed by atoms with van der Waals surface area (Å²) in [5.74, 6) is 0.788. The molecule has 0 heterocycles. The van der Waals surface area contributed by atoms with Crippen LogP contribution in [-0.2, 0) is 15.9 Å². The first-order valence-electron chi connectivity index (χ1n) is 4.21. The largest absolute Gasteiger partial charge is 0.496 e. The Labute approximate surface area is 94.3 Å². The third-order valence-corrected chi connectivity index (χ3v) is 3.67. The van der Waals surface area contributed by atoms with Crippen molar-refractivity contribution in [1.29, 1.82) is 0 Å². The van der Waals surface area contributed by atoms with Gasteiger partial charge in [0.25, 0.3) is 0 Å². The number of hydrogen-bond donors (Lipinski definition) is 1. The quantitative estimate of drug-likeness (QED) is 0.820. The van der Waals surface area contributed by atoms with Crippen molar-refractivity contribution in [3.8, 4) is 5.75 Å². The highest BCUT2D eigenvalue weighted by Gasteiger charge is 2.13. The molecule has 4 nitrogen and oxygen atoms in total. The molecule has 1 aromatic rings. The van der Waals surface area contributed by atoms with Gasteiger partial charge in [0, 0.05) is 5.56 Å². The number of rotatable bonds is 4. The first-order valence-corrected chi connectivity index (χ1v) is 6.23. The van der Waals surface area contributed by atoms with Gasteiger partial charge in [0.05, 0.1) is 17.9 Å². The Morgan fingerprint density at radius 1 is 1.47 bits per heavy atom. The third-order valence-electron chi connectivity index (χ3n) is 1.97. The number of halogens is 1. The maximum absolute atomic E-state index is 11.5. The van der Waals surface area contributed by atoms with E-state index in [1.807, 2.05) is 0 Å². The van der Waals surface area contributed by atoms with Gasteiger partial charge in [0.1, 0.15) is 5.75 Å². The van der Waals surface area contributed by atoms with Gasteiger partial charge >= 0.3 is 0 Å². The van der Waals surface area contributed by atoms with Gasteiger partial charge in [-0.1, -0.05) is 0 Å². The molecule has 84 valence electrons.